The lowest BCUT2D eigenvalue weighted by molar-refractivity contribution is 0.531. The van der Waals surface area contributed by atoms with E-state index in [4.69, 9.17) is 17.3 Å². The number of aromatic nitrogens is 2. The van der Waals surface area contributed by atoms with Gasteiger partial charge in [0.1, 0.15) is 4.90 Å². The minimum Gasteiger partial charge on any atom is -0.328 e. The number of nitrogens with two attached hydrogens (primary N) is 1. The highest BCUT2D eigenvalue weighted by Gasteiger charge is 2.18. The largest absolute Gasteiger partial charge is 0.328 e. The van der Waals surface area contributed by atoms with Crippen LogP contribution in [0.3, 0.4) is 0 Å². The van der Waals surface area contributed by atoms with Crippen LogP contribution in [-0.2, 0) is 9.84 Å². The van der Waals surface area contributed by atoms with Crippen LogP contribution in [-0.4, -0.2) is 31.0 Å². The Bertz CT molecular complexity index is 682. The number of halogens is 1. The van der Waals surface area contributed by atoms with Crippen molar-refractivity contribution in [3.63, 3.8) is 0 Å². The molecular formula is C12H14ClN3O2S. The van der Waals surface area contributed by atoms with Crippen molar-refractivity contribution >= 4 is 21.4 Å². The normalized spacial score (nSPS) is 13.4. The zero-order valence-electron chi connectivity index (χ0n) is 10.3. The molecule has 0 radical (unpaired) electrons. The summed E-state index contributed by atoms with van der Waals surface area (Å²) in [4.78, 5) is 0.165. The van der Waals surface area contributed by atoms with Crippen LogP contribution in [0.5, 0.6) is 0 Å². The molecule has 1 atom stereocenters. The predicted octanol–water partition coefficient (Wildman–Crippen LogP) is 1.49. The number of sulfone groups is 1. The summed E-state index contributed by atoms with van der Waals surface area (Å²) in [6.07, 6.45) is 3.92. The van der Waals surface area contributed by atoms with Gasteiger partial charge >= 0.3 is 0 Å². The van der Waals surface area contributed by atoms with Crippen LogP contribution < -0.4 is 5.73 Å². The molecule has 19 heavy (non-hydrogen) atoms. The third kappa shape index (κ3) is 2.97. The molecule has 0 bridgehead atoms. The van der Waals surface area contributed by atoms with E-state index in [1.807, 2.05) is 18.2 Å². The van der Waals surface area contributed by atoms with Gasteiger partial charge in [0.15, 0.2) is 9.84 Å². The van der Waals surface area contributed by atoms with Crippen molar-refractivity contribution in [2.75, 3.05) is 12.8 Å². The molecule has 0 aliphatic carbocycles. The Morgan fingerprint density at radius 1 is 1.42 bits per heavy atom. The standard InChI is InChI=1S/C12H14ClN3O2S/c1-19(17,18)9-7-15-16(8-9)12(6-14)10-4-2-3-5-11(10)13/h2-5,7-8,12H,6,14H2,1H3. The molecule has 0 amide bonds. The molecule has 1 aromatic heterocycles. The van der Waals surface area contributed by atoms with E-state index in [1.54, 1.807) is 6.07 Å². The highest BCUT2D eigenvalue weighted by Crippen LogP contribution is 2.25. The molecule has 0 saturated carbocycles. The molecule has 0 aliphatic rings. The second-order valence-electron chi connectivity index (χ2n) is 4.20. The summed E-state index contributed by atoms with van der Waals surface area (Å²) in [5, 5.41) is 4.65. The second kappa shape index (κ2) is 5.32. The number of hydrogen-bond donors (Lipinski definition) is 1. The first-order valence-electron chi connectivity index (χ1n) is 5.62. The summed E-state index contributed by atoms with van der Waals surface area (Å²) < 4.78 is 24.4. The zero-order valence-corrected chi connectivity index (χ0v) is 11.9. The van der Waals surface area contributed by atoms with Crippen LogP contribution in [0.25, 0.3) is 0 Å². The van der Waals surface area contributed by atoms with Crippen molar-refractivity contribution in [2.45, 2.75) is 10.9 Å². The van der Waals surface area contributed by atoms with Crippen LogP contribution >= 0.6 is 11.6 Å². The van der Waals surface area contributed by atoms with Crippen molar-refractivity contribution in [1.29, 1.82) is 0 Å². The smallest absolute Gasteiger partial charge is 0.178 e. The Labute approximate surface area is 116 Å². The Kier molecular flexibility index (Phi) is 3.93. The molecule has 0 spiro atoms. The molecule has 0 saturated heterocycles. The minimum atomic E-state index is -3.27. The quantitative estimate of drug-likeness (QED) is 0.928. The van der Waals surface area contributed by atoms with Crippen LogP contribution in [0.4, 0.5) is 0 Å². The lowest BCUT2D eigenvalue weighted by Crippen LogP contribution is -2.21. The van der Waals surface area contributed by atoms with Crippen LogP contribution in [0.1, 0.15) is 11.6 Å². The predicted molar refractivity (Wildman–Crippen MR) is 74.0 cm³/mol. The number of rotatable bonds is 4. The SMILES string of the molecule is CS(=O)(=O)c1cnn(C(CN)c2ccccc2Cl)c1. The molecule has 5 nitrogen and oxygen atoms in total. The molecule has 1 aromatic carbocycles. The average Bonchev–Trinajstić information content (AvgIpc) is 2.82. The van der Waals surface area contributed by atoms with Crippen LogP contribution in [0, 0.1) is 0 Å². The van der Waals surface area contributed by atoms with Crippen molar-refractivity contribution in [3.8, 4) is 0 Å². The highest BCUT2D eigenvalue weighted by atomic mass is 35.5. The number of benzene rings is 1. The average molecular weight is 300 g/mol. The summed E-state index contributed by atoms with van der Waals surface area (Å²) in [6, 6.07) is 7.00. The summed E-state index contributed by atoms with van der Waals surface area (Å²) >= 11 is 6.13. The lowest BCUT2D eigenvalue weighted by Gasteiger charge is -2.17. The second-order valence-corrected chi connectivity index (χ2v) is 6.62. The molecule has 7 heteroatoms. The van der Waals surface area contributed by atoms with Gasteiger partial charge in [-0.1, -0.05) is 29.8 Å². The van der Waals surface area contributed by atoms with E-state index in [1.165, 1.54) is 17.1 Å². The molecule has 2 N–H and O–H groups in total. The zero-order chi connectivity index (χ0) is 14.0. The van der Waals surface area contributed by atoms with Gasteiger partial charge in [-0.2, -0.15) is 5.10 Å². The summed E-state index contributed by atoms with van der Waals surface area (Å²) in [7, 11) is -3.27. The molecule has 1 heterocycles. The van der Waals surface area contributed by atoms with Gasteiger partial charge in [0, 0.05) is 24.0 Å². The van der Waals surface area contributed by atoms with Crippen molar-refractivity contribution in [3.05, 3.63) is 47.2 Å². The third-order valence-electron chi connectivity index (χ3n) is 2.81. The first-order valence-corrected chi connectivity index (χ1v) is 7.89. The van der Waals surface area contributed by atoms with Crippen molar-refractivity contribution in [2.24, 2.45) is 5.73 Å². The van der Waals surface area contributed by atoms with Crippen LogP contribution in [0.2, 0.25) is 5.02 Å². The van der Waals surface area contributed by atoms with E-state index < -0.39 is 9.84 Å². The Morgan fingerprint density at radius 2 is 2.11 bits per heavy atom. The fourth-order valence-electron chi connectivity index (χ4n) is 1.81. The summed E-state index contributed by atoms with van der Waals surface area (Å²) in [5.41, 5.74) is 6.57. The maximum atomic E-state index is 11.4. The van der Waals surface area contributed by atoms with Crippen molar-refractivity contribution in [1.82, 2.24) is 9.78 Å². The summed E-state index contributed by atoms with van der Waals surface area (Å²) in [6.45, 7) is 0.272. The molecule has 2 aromatic rings. The fourth-order valence-corrected chi connectivity index (χ4v) is 2.61. The van der Waals surface area contributed by atoms with Gasteiger partial charge in [-0.3, -0.25) is 4.68 Å². The number of nitrogens with zero attached hydrogens (tertiary/aromatic N) is 2. The van der Waals surface area contributed by atoms with E-state index in [0.717, 1.165) is 11.8 Å². The molecule has 0 fully saturated rings. The molecular weight excluding hydrogens is 286 g/mol. The summed E-state index contributed by atoms with van der Waals surface area (Å²) in [5.74, 6) is 0. The monoisotopic (exact) mass is 299 g/mol. The van der Waals surface area contributed by atoms with E-state index in [-0.39, 0.29) is 17.5 Å². The van der Waals surface area contributed by atoms with E-state index in [0.29, 0.717) is 5.02 Å². The minimum absolute atomic E-state index is 0.165. The fraction of sp³-hybridized carbons (Fsp3) is 0.250. The molecule has 1 unspecified atom stereocenters. The van der Waals surface area contributed by atoms with Gasteiger partial charge < -0.3 is 5.73 Å². The van der Waals surface area contributed by atoms with Gasteiger partial charge in [-0.15, -0.1) is 0 Å². The molecule has 0 aliphatic heterocycles. The molecule has 2 rings (SSSR count). The van der Waals surface area contributed by atoms with E-state index >= 15 is 0 Å². The van der Waals surface area contributed by atoms with Crippen molar-refractivity contribution < 1.29 is 8.42 Å². The molecule has 102 valence electrons. The first-order chi connectivity index (χ1) is 8.93. The van der Waals surface area contributed by atoms with Gasteiger partial charge in [0.05, 0.1) is 12.2 Å². The lowest BCUT2D eigenvalue weighted by atomic mass is 10.1. The van der Waals surface area contributed by atoms with Gasteiger partial charge in [0.2, 0.25) is 0 Å². The third-order valence-corrected chi connectivity index (χ3v) is 4.22. The number of hydrogen-bond acceptors (Lipinski definition) is 4. The van der Waals surface area contributed by atoms with Gasteiger partial charge in [-0.05, 0) is 11.6 Å². The Morgan fingerprint density at radius 3 is 2.63 bits per heavy atom. The topological polar surface area (TPSA) is 78.0 Å². The Hall–Kier alpha value is -1.37. The van der Waals surface area contributed by atoms with E-state index in [9.17, 15) is 8.42 Å². The first kappa shape index (κ1) is 14.0. The highest BCUT2D eigenvalue weighted by molar-refractivity contribution is 7.90. The van der Waals surface area contributed by atoms with E-state index in [2.05, 4.69) is 5.10 Å². The van der Waals surface area contributed by atoms with Crippen LogP contribution in [0.15, 0.2) is 41.6 Å². The van der Waals surface area contributed by atoms with Gasteiger partial charge in [0.25, 0.3) is 0 Å². The van der Waals surface area contributed by atoms with Gasteiger partial charge in [-0.25, -0.2) is 8.42 Å². The maximum absolute atomic E-state index is 11.4. The maximum Gasteiger partial charge on any atom is 0.178 e. The Balaban J connectivity index is 2.44.